The average molecular weight is 335 g/mol. The molecular formula is C16H15BrO3. The summed E-state index contributed by atoms with van der Waals surface area (Å²) in [6, 6.07) is 14.5. The van der Waals surface area contributed by atoms with Crippen LogP contribution in [-0.4, -0.2) is 19.0 Å². The highest BCUT2D eigenvalue weighted by Crippen LogP contribution is 2.30. The van der Waals surface area contributed by atoms with E-state index in [1.54, 1.807) is 44.4 Å². The van der Waals surface area contributed by atoms with E-state index in [4.69, 9.17) is 9.47 Å². The second-order valence-electron chi connectivity index (χ2n) is 4.29. The van der Waals surface area contributed by atoms with Crippen molar-refractivity contribution in [1.82, 2.24) is 0 Å². The van der Waals surface area contributed by atoms with Crippen molar-refractivity contribution in [2.24, 2.45) is 0 Å². The number of carbonyl (C=O) groups excluding carboxylic acids is 1. The van der Waals surface area contributed by atoms with Crippen LogP contribution < -0.4 is 9.47 Å². The standard InChI is InChI=1S/C16H15BrO3/c1-11(16(18)12-6-4-3-5-7-12)20-15-9-8-13(19-2)10-14(15)17/h3-11H,1-2H3. The van der Waals surface area contributed by atoms with Crippen LogP contribution in [0.25, 0.3) is 0 Å². The molecule has 104 valence electrons. The van der Waals surface area contributed by atoms with Gasteiger partial charge in [-0.25, -0.2) is 0 Å². The smallest absolute Gasteiger partial charge is 0.202 e. The monoisotopic (exact) mass is 334 g/mol. The summed E-state index contributed by atoms with van der Waals surface area (Å²) in [6.07, 6.45) is -0.554. The molecule has 2 aromatic rings. The molecule has 4 heteroatoms. The summed E-state index contributed by atoms with van der Waals surface area (Å²) in [4.78, 5) is 12.2. The minimum atomic E-state index is -0.554. The summed E-state index contributed by atoms with van der Waals surface area (Å²) >= 11 is 3.41. The number of hydrogen-bond acceptors (Lipinski definition) is 3. The maximum Gasteiger partial charge on any atom is 0.202 e. The third-order valence-corrected chi connectivity index (χ3v) is 3.49. The van der Waals surface area contributed by atoms with Crippen molar-refractivity contribution in [3.8, 4) is 11.5 Å². The molecule has 0 fully saturated rings. The molecular weight excluding hydrogens is 320 g/mol. The molecule has 0 aliphatic heterocycles. The number of ketones is 1. The Labute approximate surface area is 126 Å². The third-order valence-electron chi connectivity index (χ3n) is 2.87. The molecule has 0 N–H and O–H groups in total. The third kappa shape index (κ3) is 3.39. The van der Waals surface area contributed by atoms with Crippen LogP contribution in [0.3, 0.4) is 0 Å². The summed E-state index contributed by atoms with van der Waals surface area (Å²) in [7, 11) is 1.60. The van der Waals surface area contributed by atoms with Crippen molar-refractivity contribution in [3.63, 3.8) is 0 Å². The lowest BCUT2D eigenvalue weighted by Crippen LogP contribution is -2.24. The van der Waals surface area contributed by atoms with E-state index >= 15 is 0 Å². The van der Waals surface area contributed by atoms with E-state index in [0.29, 0.717) is 11.3 Å². The van der Waals surface area contributed by atoms with E-state index in [0.717, 1.165) is 10.2 Å². The molecule has 20 heavy (non-hydrogen) atoms. The maximum absolute atomic E-state index is 12.2. The minimum absolute atomic E-state index is 0.0479. The van der Waals surface area contributed by atoms with Crippen LogP contribution in [-0.2, 0) is 0 Å². The van der Waals surface area contributed by atoms with E-state index in [-0.39, 0.29) is 5.78 Å². The molecule has 0 saturated carbocycles. The van der Waals surface area contributed by atoms with Crippen LogP contribution in [0.1, 0.15) is 17.3 Å². The Morgan fingerprint density at radius 1 is 1.15 bits per heavy atom. The predicted molar refractivity (Wildman–Crippen MR) is 81.6 cm³/mol. The second-order valence-corrected chi connectivity index (χ2v) is 5.14. The van der Waals surface area contributed by atoms with Crippen LogP contribution >= 0.6 is 15.9 Å². The van der Waals surface area contributed by atoms with Crippen LogP contribution in [0.15, 0.2) is 53.0 Å². The fourth-order valence-electron chi connectivity index (χ4n) is 1.79. The van der Waals surface area contributed by atoms with E-state index < -0.39 is 6.10 Å². The lowest BCUT2D eigenvalue weighted by molar-refractivity contribution is 0.0817. The van der Waals surface area contributed by atoms with Gasteiger partial charge in [-0.2, -0.15) is 0 Å². The SMILES string of the molecule is COc1ccc(OC(C)C(=O)c2ccccc2)c(Br)c1. The van der Waals surface area contributed by atoms with Crippen LogP contribution in [0.5, 0.6) is 11.5 Å². The molecule has 1 atom stereocenters. The Balaban J connectivity index is 2.12. The fraction of sp³-hybridized carbons (Fsp3) is 0.188. The van der Waals surface area contributed by atoms with Gasteiger partial charge >= 0.3 is 0 Å². The van der Waals surface area contributed by atoms with Gasteiger partial charge in [-0.1, -0.05) is 30.3 Å². The Bertz CT molecular complexity index is 596. The first-order valence-corrected chi connectivity index (χ1v) is 7.00. The molecule has 0 aromatic heterocycles. The second kappa shape index (κ2) is 6.57. The van der Waals surface area contributed by atoms with Crippen molar-refractivity contribution < 1.29 is 14.3 Å². The van der Waals surface area contributed by atoms with Crippen molar-refractivity contribution >= 4 is 21.7 Å². The van der Waals surface area contributed by atoms with Crippen molar-refractivity contribution in [3.05, 3.63) is 58.6 Å². The molecule has 0 aliphatic rings. The summed E-state index contributed by atoms with van der Waals surface area (Å²) in [5.74, 6) is 1.29. The number of halogens is 1. The van der Waals surface area contributed by atoms with E-state index in [1.165, 1.54) is 0 Å². The van der Waals surface area contributed by atoms with Gasteiger partial charge < -0.3 is 9.47 Å². The molecule has 0 saturated heterocycles. The number of benzene rings is 2. The largest absolute Gasteiger partial charge is 0.497 e. The van der Waals surface area contributed by atoms with Gasteiger partial charge in [-0.15, -0.1) is 0 Å². The van der Waals surface area contributed by atoms with Crippen molar-refractivity contribution in [2.45, 2.75) is 13.0 Å². The lowest BCUT2D eigenvalue weighted by atomic mass is 10.1. The Morgan fingerprint density at radius 3 is 2.45 bits per heavy atom. The summed E-state index contributed by atoms with van der Waals surface area (Å²) in [5, 5.41) is 0. The molecule has 0 spiro atoms. The van der Waals surface area contributed by atoms with Gasteiger partial charge in [0.2, 0.25) is 5.78 Å². The zero-order valence-electron chi connectivity index (χ0n) is 11.3. The minimum Gasteiger partial charge on any atom is -0.497 e. The molecule has 0 amide bonds. The van der Waals surface area contributed by atoms with Gasteiger partial charge in [0.15, 0.2) is 6.10 Å². The van der Waals surface area contributed by atoms with E-state index in [1.807, 2.05) is 18.2 Å². The first-order valence-electron chi connectivity index (χ1n) is 6.21. The first-order chi connectivity index (χ1) is 9.61. The van der Waals surface area contributed by atoms with Gasteiger partial charge in [0.25, 0.3) is 0 Å². The van der Waals surface area contributed by atoms with Gasteiger partial charge in [0.1, 0.15) is 11.5 Å². The number of ether oxygens (including phenoxy) is 2. The van der Waals surface area contributed by atoms with E-state index in [2.05, 4.69) is 15.9 Å². The highest BCUT2D eigenvalue weighted by molar-refractivity contribution is 9.10. The molecule has 3 nitrogen and oxygen atoms in total. The van der Waals surface area contributed by atoms with Crippen LogP contribution in [0, 0.1) is 0 Å². The summed E-state index contributed by atoms with van der Waals surface area (Å²) < 4.78 is 11.6. The number of methoxy groups -OCH3 is 1. The Morgan fingerprint density at radius 2 is 1.85 bits per heavy atom. The van der Waals surface area contributed by atoms with Gasteiger partial charge in [-0.05, 0) is 41.1 Å². The molecule has 0 bridgehead atoms. The van der Waals surface area contributed by atoms with E-state index in [9.17, 15) is 4.79 Å². The summed E-state index contributed by atoms with van der Waals surface area (Å²) in [6.45, 7) is 1.74. The summed E-state index contributed by atoms with van der Waals surface area (Å²) in [5.41, 5.74) is 0.643. The number of carbonyl (C=O) groups is 1. The molecule has 2 aromatic carbocycles. The van der Waals surface area contributed by atoms with Gasteiger partial charge in [0.05, 0.1) is 11.6 Å². The number of rotatable bonds is 5. The van der Waals surface area contributed by atoms with Crippen LogP contribution in [0.2, 0.25) is 0 Å². The zero-order chi connectivity index (χ0) is 14.5. The number of hydrogen-bond donors (Lipinski definition) is 0. The molecule has 0 radical (unpaired) electrons. The van der Waals surface area contributed by atoms with Crippen molar-refractivity contribution in [1.29, 1.82) is 0 Å². The normalized spacial score (nSPS) is 11.8. The molecule has 1 unspecified atom stereocenters. The Hall–Kier alpha value is -1.81. The quantitative estimate of drug-likeness (QED) is 0.772. The fourth-order valence-corrected chi connectivity index (χ4v) is 2.24. The van der Waals surface area contributed by atoms with Crippen LogP contribution in [0.4, 0.5) is 0 Å². The predicted octanol–water partition coefficient (Wildman–Crippen LogP) is 4.11. The molecule has 0 heterocycles. The molecule has 2 rings (SSSR count). The Kier molecular flexibility index (Phi) is 4.79. The van der Waals surface area contributed by atoms with Gasteiger partial charge in [-0.3, -0.25) is 4.79 Å². The topological polar surface area (TPSA) is 35.5 Å². The lowest BCUT2D eigenvalue weighted by Gasteiger charge is -2.15. The van der Waals surface area contributed by atoms with Gasteiger partial charge in [0, 0.05) is 5.56 Å². The maximum atomic E-state index is 12.2. The molecule has 0 aliphatic carbocycles. The zero-order valence-corrected chi connectivity index (χ0v) is 12.9. The first kappa shape index (κ1) is 14.6. The highest BCUT2D eigenvalue weighted by atomic mass is 79.9. The van der Waals surface area contributed by atoms with Crippen molar-refractivity contribution in [2.75, 3.05) is 7.11 Å². The number of Topliss-reactive ketones (excluding diaryl/α,β-unsaturated/α-hetero) is 1. The average Bonchev–Trinajstić information content (AvgIpc) is 2.49. The highest BCUT2D eigenvalue weighted by Gasteiger charge is 2.17.